The molecule has 0 saturated heterocycles. The molecule has 0 bridgehead atoms. The first-order valence-electron chi connectivity index (χ1n) is 9.34. The lowest BCUT2D eigenvalue weighted by molar-refractivity contribution is 0.413. The SMILES string of the molecule is COc1cccc(F)c1-c1nccc2[nH]c(=O)c(-c3nc4c(C)nc(Cl)cc4[nH]3)cc12. The molecule has 31 heavy (non-hydrogen) atoms. The fraction of sp³-hybridized carbons (Fsp3) is 0.0909. The highest BCUT2D eigenvalue weighted by Gasteiger charge is 2.19. The van der Waals surface area contributed by atoms with E-state index in [1.807, 2.05) is 0 Å². The Labute approximate surface area is 179 Å². The summed E-state index contributed by atoms with van der Waals surface area (Å²) in [5.74, 6) is 0.209. The second-order valence-electron chi connectivity index (χ2n) is 6.96. The summed E-state index contributed by atoms with van der Waals surface area (Å²) in [5, 5.41) is 0.875. The topological polar surface area (TPSA) is 96.6 Å². The number of pyridine rings is 3. The smallest absolute Gasteiger partial charge is 0.259 e. The van der Waals surface area contributed by atoms with Crippen molar-refractivity contribution >= 4 is 33.5 Å². The average Bonchev–Trinajstić information content (AvgIpc) is 3.16. The molecule has 5 aromatic rings. The monoisotopic (exact) mass is 435 g/mol. The third-order valence-electron chi connectivity index (χ3n) is 5.07. The molecule has 154 valence electrons. The van der Waals surface area contributed by atoms with Crippen molar-refractivity contribution in [2.24, 2.45) is 0 Å². The molecule has 0 radical (unpaired) electrons. The summed E-state index contributed by atoms with van der Waals surface area (Å²) in [5.41, 5.74) is 2.92. The van der Waals surface area contributed by atoms with Crippen molar-refractivity contribution in [1.29, 1.82) is 0 Å². The van der Waals surface area contributed by atoms with Crippen molar-refractivity contribution in [3.63, 3.8) is 0 Å². The molecule has 7 nitrogen and oxygen atoms in total. The minimum absolute atomic E-state index is 0.213. The van der Waals surface area contributed by atoms with Crippen LogP contribution in [0.15, 0.2) is 47.4 Å². The first-order valence-corrected chi connectivity index (χ1v) is 9.72. The van der Waals surface area contributed by atoms with Crippen LogP contribution in [0.25, 0.3) is 44.6 Å². The second kappa shape index (κ2) is 7.17. The molecular weight excluding hydrogens is 421 g/mol. The van der Waals surface area contributed by atoms with Crippen molar-refractivity contribution in [1.82, 2.24) is 24.9 Å². The Morgan fingerprint density at radius 1 is 1.10 bits per heavy atom. The van der Waals surface area contributed by atoms with Gasteiger partial charge in [0.1, 0.15) is 28.1 Å². The highest BCUT2D eigenvalue weighted by molar-refractivity contribution is 6.30. The lowest BCUT2D eigenvalue weighted by Crippen LogP contribution is -2.10. The number of benzene rings is 1. The van der Waals surface area contributed by atoms with E-state index in [-0.39, 0.29) is 16.7 Å². The van der Waals surface area contributed by atoms with Gasteiger partial charge in [-0.05, 0) is 31.2 Å². The van der Waals surface area contributed by atoms with Crippen LogP contribution in [0.3, 0.4) is 0 Å². The standard InChI is InChI=1S/C22H15ClFN5O2/c1-10-19-15(9-17(23)26-10)27-21(29-19)12-8-11-14(28-22(12)30)6-7-25-20(11)18-13(24)4-3-5-16(18)31-2/h3-9H,1-2H3,(H,27,29)(H,28,30). The van der Waals surface area contributed by atoms with Crippen LogP contribution < -0.4 is 10.3 Å². The lowest BCUT2D eigenvalue weighted by Gasteiger charge is -2.11. The molecule has 2 N–H and O–H groups in total. The molecule has 5 rings (SSSR count). The van der Waals surface area contributed by atoms with E-state index in [4.69, 9.17) is 16.3 Å². The van der Waals surface area contributed by atoms with Crippen LogP contribution >= 0.6 is 11.6 Å². The van der Waals surface area contributed by atoms with Crippen molar-refractivity contribution in [2.75, 3.05) is 7.11 Å². The minimum atomic E-state index is -0.479. The van der Waals surface area contributed by atoms with E-state index in [1.54, 1.807) is 37.3 Å². The molecule has 0 fully saturated rings. The van der Waals surface area contributed by atoms with E-state index in [2.05, 4.69) is 24.9 Å². The van der Waals surface area contributed by atoms with E-state index in [1.165, 1.54) is 19.4 Å². The molecule has 0 atom stereocenters. The highest BCUT2D eigenvalue weighted by Crippen LogP contribution is 2.35. The summed E-state index contributed by atoms with van der Waals surface area (Å²) in [6.45, 7) is 1.79. The van der Waals surface area contributed by atoms with Gasteiger partial charge in [-0.2, -0.15) is 0 Å². The number of nitrogens with one attached hydrogen (secondary N) is 2. The maximum absolute atomic E-state index is 14.7. The maximum Gasteiger partial charge on any atom is 0.259 e. The number of aromatic amines is 2. The number of fused-ring (bicyclic) bond motifs is 2. The molecule has 0 aliphatic carbocycles. The zero-order chi connectivity index (χ0) is 21.7. The van der Waals surface area contributed by atoms with Crippen LogP contribution in [-0.2, 0) is 0 Å². The number of methoxy groups -OCH3 is 1. The van der Waals surface area contributed by atoms with E-state index < -0.39 is 5.82 Å². The van der Waals surface area contributed by atoms with Crippen molar-refractivity contribution < 1.29 is 9.13 Å². The number of aromatic nitrogens is 5. The van der Waals surface area contributed by atoms with Gasteiger partial charge in [0.25, 0.3) is 5.56 Å². The fourth-order valence-electron chi connectivity index (χ4n) is 3.67. The molecular formula is C22H15ClFN5O2. The number of hydrogen-bond donors (Lipinski definition) is 2. The molecule has 0 spiro atoms. The van der Waals surface area contributed by atoms with Crippen LogP contribution in [0.5, 0.6) is 5.75 Å². The van der Waals surface area contributed by atoms with Gasteiger partial charge in [0.2, 0.25) is 0 Å². The first-order chi connectivity index (χ1) is 15.0. The van der Waals surface area contributed by atoms with E-state index in [0.717, 1.165) is 0 Å². The number of hydrogen-bond acceptors (Lipinski definition) is 5. The highest BCUT2D eigenvalue weighted by atomic mass is 35.5. The average molecular weight is 436 g/mol. The van der Waals surface area contributed by atoms with Gasteiger partial charge in [-0.1, -0.05) is 17.7 Å². The Morgan fingerprint density at radius 3 is 2.74 bits per heavy atom. The maximum atomic E-state index is 14.7. The molecule has 0 unspecified atom stereocenters. The fourth-order valence-corrected chi connectivity index (χ4v) is 3.90. The zero-order valence-electron chi connectivity index (χ0n) is 16.5. The molecule has 0 aliphatic rings. The summed E-state index contributed by atoms with van der Waals surface area (Å²) >= 11 is 6.04. The Balaban J connectivity index is 1.80. The van der Waals surface area contributed by atoms with Crippen LogP contribution in [0, 0.1) is 12.7 Å². The predicted molar refractivity (Wildman–Crippen MR) is 117 cm³/mol. The summed E-state index contributed by atoms with van der Waals surface area (Å²) in [6, 6.07) is 9.50. The normalized spacial score (nSPS) is 11.4. The van der Waals surface area contributed by atoms with Gasteiger partial charge in [-0.3, -0.25) is 9.78 Å². The Kier molecular flexibility index (Phi) is 4.44. The lowest BCUT2D eigenvalue weighted by atomic mass is 10.0. The Bertz CT molecular complexity index is 1540. The molecule has 0 aliphatic heterocycles. The zero-order valence-corrected chi connectivity index (χ0v) is 17.2. The Morgan fingerprint density at radius 2 is 1.94 bits per heavy atom. The van der Waals surface area contributed by atoms with Gasteiger partial charge in [-0.15, -0.1) is 0 Å². The van der Waals surface area contributed by atoms with Crippen molar-refractivity contribution in [2.45, 2.75) is 6.92 Å². The van der Waals surface area contributed by atoms with E-state index in [9.17, 15) is 9.18 Å². The number of H-pyrrole nitrogens is 2. The number of ether oxygens (including phenoxy) is 1. The molecule has 1 aromatic carbocycles. The summed E-state index contributed by atoms with van der Waals surface area (Å²) in [4.78, 5) is 31.9. The van der Waals surface area contributed by atoms with Crippen LogP contribution in [0.2, 0.25) is 5.15 Å². The van der Waals surface area contributed by atoms with E-state index >= 15 is 0 Å². The molecule has 4 heterocycles. The van der Waals surface area contributed by atoms with E-state index in [0.29, 0.717) is 50.1 Å². The molecule has 0 saturated carbocycles. The van der Waals surface area contributed by atoms with Gasteiger partial charge in [0.05, 0.1) is 40.7 Å². The van der Waals surface area contributed by atoms with Crippen molar-refractivity contribution in [3.05, 3.63) is 69.6 Å². The molecule has 9 heteroatoms. The summed E-state index contributed by atoms with van der Waals surface area (Å²) in [6.07, 6.45) is 1.51. The molecule has 4 aromatic heterocycles. The van der Waals surface area contributed by atoms with Gasteiger partial charge in [0.15, 0.2) is 0 Å². The van der Waals surface area contributed by atoms with Crippen LogP contribution in [-0.4, -0.2) is 32.0 Å². The van der Waals surface area contributed by atoms with Gasteiger partial charge < -0.3 is 14.7 Å². The third kappa shape index (κ3) is 3.12. The van der Waals surface area contributed by atoms with Gasteiger partial charge >= 0.3 is 0 Å². The third-order valence-corrected chi connectivity index (χ3v) is 5.26. The molecule has 0 amide bonds. The quantitative estimate of drug-likeness (QED) is 0.402. The number of imidazole rings is 1. The summed E-state index contributed by atoms with van der Waals surface area (Å²) < 4.78 is 20.1. The van der Waals surface area contributed by atoms with Gasteiger partial charge in [-0.25, -0.2) is 14.4 Å². The number of halogens is 2. The largest absolute Gasteiger partial charge is 0.496 e. The Hall–Kier alpha value is -3.78. The summed E-state index contributed by atoms with van der Waals surface area (Å²) in [7, 11) is 1.46. The van der Waals surface area contributed by atoms with Gasteiger partial charge in [0, 0.05) is 17.6 Å². The first kappa shape index (κ1) is 19.2. The number of nitrogens with zero attached hydrogens (tertiary/aromatic N) is 3. The van der Waals surface area contributed by atoms with Crippen LogP contribution in [0.1, 0.15) is 5.69 Å². The second-order valence-corrected chi connectivity index (χ2v) is 7.35. The van der Waals surface area contributed by atoms with Crippen LogP contribution in [0.4, 0.5) is 4.39 Å². The number of aryl methyl sites for hydroxylation is 1. The minimum Gasteiger partial charge on any atom is -0.496 e. The predicted octanol–water partition coefficient (Wildman–Crippen LogP) is 4.64. The van der Waals surface area contributed by atoms with Crippen molar-refractivity contribution in [3.8, 4) is 28.4 Å². The number of rotatable bonds is 3.